The molecule has 1 atom stereocenters. The summed E-state index contributed by atoms with van der Waals surface area (Å²) in [4.78, 5) is 29.0. The summed E-state index contributed by atoms with van der Waals surface area (Å²) in [6.45, 7) is 3.39. The van der Waals surface area contributed by atoms with Crippen LogP contribution in [0, 0.1) is 0 Å². The zero-order valence-corrected chi connectivity index (χ0v) is 26.7. The first kappa shape index (κ1) is 32.6. The largest absolute Gasteiger partial charge is 0.494 e. The number of carbonyl (C=O) groups is 2. The van der Waals surface area contributed by atoms with E-state index in [1.54, 1.807) is 67.6 Å². The highest BCUT2D eigenvalue weighted by Gasteiger charge is 2.33. The molecular weight excluding hydrogens is 609 g/mol. The molecule has 230 valence electrons. The first-order chi connectivity index (χ1) is 20.6. The smallest absolute Gasteiger partial charge is 0.264 e. The van der Waals surface area contributed by atoms with E-state index >= 15 is 0 Å². The van der Waals surface area contributed by atoms with Crippen LogP contribution in [0.5, 0.6) is 5.75 Å². The second-order valence-electron chi connectivity index (χ2n) is 10.5. The number of benzene rings is 3. The standard InChI is InChI=1S/C32H37Cl2N3O5S/c1-3-42-28-18-16-27(17-19-28)37(43(40,41)29-12-8-5-9-13-29)22-31(38)36(21-24-14-15-25(33)20-30(24)34)23(2)32(39)35-26-10-6-4-7-11-26/h5,8-9,12-20,23,26H,3-4,6-7,10-11,21-22H2,1-2H3,(H,35,39). The normalized spacial score (nSPS) is 14.5. The van der Waals surface area contributed by atoms with Gasteiger partial charge in [0.2, 0.25) is 11.8 Å². The molecule has 1 aliphatic carbocycles. The predicted octanol–water partition coefficient (Wildman–Crippen LogP) is 6.45. The Kier molecular flexibility index (Phi) is 11.3. The van der Waals surface area contributed by atoms with E-state index in [4.69, 9.17) is 27.9 Å². The van der Waals surface area contributed by atoms with Crippen molar-refractivity contribution in [1.29, 1.82) is 0 Å². The van der Waals surface area contributed by atoms with E-state index in [1.807, 2.05) is 6.92 Å². The quantitative estimate of drug-likeness (QED) is 0.244. The van der Waals surface area contributed by atoms with Crippen molar-refractivity contribution in [2.45, 2.75) is 69.5 Å². The third kappa shape index (κ3) is 8.43. The fraction of sp³-hybridized carbons (Fsp3) is 0.375. The van der Waals surface area contributed by atoms with Gasteiger partial charge in [0.15, 0.2) is 0 Å². The van der Waals surface area contributed by atoms with Gasteiger partial charge in [-0.2, -0.15) is 0 Å². The maximum absolute atomic E-state index is 14.1. The molecule has 1 N–H and O–H groups in total. The average molecular weight is 647 g/mol. The monoisotopic (exact) mass is 645 g/mol. The molecule has 0 aromatic heterocycles. The summed E-state index contributed by atoms with van der Waals surface area (Å²) in [5.74, 6) is -0.295. The van der Waals surface area contributed by atoms with Crippen LogP contribution in [0.1, 0.15) is 51.5 Å². The highest BCUT2D eigenvalue weighted by Crippen LogP contribution is 2.28. The summed E-state index contributed by atoms with van der Waals surface area (Å²) >= 11 is 12.6. The van der Waals surface area contributed by atoms with E-state index in [0.717, 1.165) is 36.4 Å². The SMILES string of the molecule is CCOc1ccc(N(CC(=O)N(Cc2ccc(Cl)cc2Cl)C(C)C(=O)NC2CCCCC2)S(=O)(=O)c2ccccc2)cc1. The lowest BCUT2D eigenvalue weighted by atomic mass is 9.95. The minimum Gasteiger partial charge on any atom is -0.494 e. The van der Waals surface area contributed by atoms with Crippen molar-refractivity contribution >= 4 is 50.7 Å². The summed E-state index contributed by atoms with van der Waals surface area (Å²) < 4.78 is 34.4. The molecule has 1 aliphatic rings. The van der Waals surface area contributed by atoms with Crippen molar-refractivity contribution in [3.63, 3.8) is 0 Å². The Balaban J connectivity index is 1.68. The Morgan fingerprint density at radius 3 is 2.28 bits per heavy atom. The highest BCUT2D eigenvalue weighted by molar-refractivity contribution is 7.92. The second-order valence-corrected chi connectivity index (χ2v) is 13.2. The van der Waals surface area contributed by atoms with Crippen molar-refractivity contribution in [1.82, 2.24) is 10.2 Å². The first-order valence-electron chi connectivity index (χ1n) is 14.4. The van der Waals surface area contributed by atoms with E-state index in [1.165, 1.54) is 17.0 Å². The Morgan fingerprint density at radius 1 is 0.977 bits per heavy atom. The number of ether oxygens (including phenoxy) is 1. The molecule has 1 unspecified atom stereocenters. The van der Waals surface area contributed by atoms with Crippen molar-refractivity contribution in [2.75, 3.05) is 17.5 Å². The lowest BCUT2D eigenvalue weighted by molar-refractivity contribution is -0.139. The van der Waals surface area contributed by atoms with Crippen LogP contribution in [-0.2, 0) is 26.2 Å². The van der Waals surface area contributed by atoms with Gasteiger partial charge in [0, 0.05) is 22.6 Å². The van der Waals surface area contributed by atoms with Gasteiger partial charge < -0.3 is 15.0 Å². The maximum Gasteiger partial charge on any atom is 0.264 e. The third-order valence-electron chi connectivity index (χ3n) is 7.52. The van der Waals surface area contributed by atoms with E-state index in [0.29, 0.717) is 28.0 Å². The summed E-state index contributed by atoms with van der Waals surface area (Å²) in [5.41, 5.74) is 0.861. The van der Waals surface area contributed by atoms with Crippen LogP contribution in [0.25, 0.3) is 0 Å². The number of hydrogen-bond donors (Lipinski definition) is 1. The molecule has 0 aliphatic heterocycles. The van der Waals surface area contributed by atoms with Gasteiger partial charge in [-0.1, -0.05) is 66.7 Å². The summed E-state index contributed by atoms with van der Waals surface area (Å²) in [6, 6.07) is 18.5. The molecule has 0 heterocycles. The van der Waals surface area contributed by atoms with Crippen molar-refractivity contribution < 1.29 is 22.7 Å². The number of rotatable bonds is 12. The van der Waals surface area contributed by atoms with Gasteiger partial charge in [0.05, 0.1) is 17.2 Å². The van der Waals surface area contributed by atoms with Crippen LogP contribution in [-0.4, -0.2) is 50.4 Å². The van der Waals surface area contributed by atoms with Crippen LogP contribution >= 0.6 is 23.2 Å². The summed E-state index contributed by atoms with van der Waals surface area (Å²) in [7, 11) is -4.16. The van der Waals surface area contributed by atoms with Gasteiger partial charge in [-0.25, -0.2) is 8.42 Å². The molecule has 8 nitrogen and oxygen atoms in total. The van der Waals surface area contributed by atoms with Crippen LogP contribution in [0.15, 0.2) is 77.7 Å². The fourth-order valence-corrected chi connectivity index (χ4v) is 7.01. The minimum absolute atomic E-state index is 0.0173. The highest BCUT2D eigenvalue weighted by atomic mass is 35.5. The molecule has 2 amide bonds. The van der Waals surface area contributed by atoms with Crippen molar-refractivity contribution in [3.8, 4) is 5.75 Å². The van der Waals surface area contributed by atoms with Crippen molar-refractivity contribution in [2.24, 2.45) is 0 Å². The van der Waals surface area contributed by atoms with Gasteiger partial charge >= 0.3 is 0 Å². The molecule has 0 saturated heterocycles. The molecule has 1 fully saturated rings. The number of halogens is 2. The first-order valence-corrected chi connectivity index (χ1v) is 16.6. The van der Waals surface area contributed by atoms with Gasteiger partial charge in [-0.05, 0) is 80.8 Å². The number of carbonyl (C=O) groups excluding carboxylic acids is 2. The van der Waals surface area contributed by atoms with E-state index in [2.05, 4.69) is 5.32 Å². The zero-order chi connectivity index (χ0) is 31.0. The van der Waals surface area contributed by atoms with Crippen LogP contribution in [0.3, 0.4) is 0 Å². The molecule has 4 rings (SSSR count). The van der Waals surface area contributed by atoms with Gasteiger partial charge in [-0.3, -0.25) is 13.9 Å². The molecule has 3 aromatic carbocycles. The lowest BCUT2D eigenvalue weighted by Crippen LogP contribution is -2.53. The third-order valence-corrected chi connectivity index (χ3v) is 9.90. The molecule has 3 aromatic rings. The minimum atomic E-state index is -4.16. The number of hydrogen-bond acceptors (Lipinski definition) is 5. The Hall–Kier alpha value is -3.27. The molecular formula is C32H37Cl2N3O5S. The van der Waals surface area contributed by atoms with Gasteiger partial charge in [-0.15, -0.1) is 0 Å². The molecule has 11 heteroatoms. The topological polar surface area (TPSA) is 96.0 Å². The Morgan fingerprint density at radius 2 is 1.65 bits per heavy atom. The van der Waals surface area contributed by atoms with Gasteiger partial charge in [0.1, 0.15) is 18.3 Å². The molecule has 43 heavy (non-hydrogen) atoms. The van der Waals surface area contributed by atoms with Crippen LogP contribution < -0.4 is 14.4 Å². The lowest BCUT2D eigenvalue weighted by Gasteiger charge is -2.33. The molecule has 0 bridgehead atoms. The van der Waals surface area contributed by atoms with Crippen LogP contribution in [0.4, 0.5) is 5.69 Å². The average Bonchev–Trinajstić information content (AvgIpc) is 3.00. The van der Waals surface area contributed by atoms with E-state index < -0.39 is 28.5 Å². The predicted molar refractivity (Wildman–Crippen MR) is 170 cm³/mol. The fourth-order valence-electron chi connectivity index (χ4n) is 5.11. The maximum atomic E-state index is 14.1. The Labute approximate surface area is 264 Å². The van der Waals surface area contributed by atoms with Crippen LogP contribution in [0.2, 0.25) is 10.0 Å². The summed E-state index contributed by atoms with van der Waals surface area (Å²) in [5, 5.41) is 3.86. The summed E-state index contributed by atoms with van der Waals surface area (Å²) in [6.07, 6.45) is 4.98. The van der Waals surface area contributed by atoms with E-state index in [-0.39, 0.29) is 29.1 Å². The second kappa shape index (κ2) is 14.9. The molecule has 0 radical (unpaired) electrons. The molecule has 0 spiro atoms. The Bertz CT molecular complexity index is 1500. The van der Waals surface area contributed by atoms with Crippen molar-refractivity contribution in [3.05, 3.63) is 88.4 Å². The van der Waals surface area contributed by atoms with Gasteiger partial charge in [0.25, 0.3) is 10.0 Å². The number of anilines is 1. The number of amides is 2. The molecule has 1 saturated carbocycles. The zero-order valence-electron chi connectivity index (χ0n) is 24.3. The van der Waals surface area contributed by atoms with E-state index in [9.17, 15) is 18.0 Å². The number of nitrogens with one attached hydrogen (secondary N) is 1. The number of sulfonamides is 1. The number of nitrogens with zero attached hydrogens (tertiary/aromatic N) is 2.